The second-order valence-corrected chi connectivity index (χ2v) is 6.71. The van der Waals surface area contributed by atoms with Crippen LogP contribution in [0.1, 0.15) is 46.5 Å². The van der Waals surface area contributed by atoms with E-state index in [1.807, 2.05) is 4.90 Å². The molecule has 0 aliphatic carbocycles. The molecule has 1 aliphatic rings. The van der Waals surface area contributed by atoms with Gasteiger partial charge in [0.05, 0.1) is 0 Å². The Morgan fingerprint density at radius 2 is 1.77 bits per heavy atom. The van der Waals surface area contributed by atoms with Crippen molar-refractivity contribution in [3.05, 3.63) is 12.3 Å². The van der Waals surface area contributed by atoms with Crippen molar-refractivity contribution >= 4 is 5.96 Å². The second-order valence-electron chi connectivity index (χ2n) is 6.71. The van der Waals surface area contributed by atoms with Gasteiger partial charge in [0.25, 0.3) is 0 Å². The lowest BCUT2D eigenvalue weighted by Gasteiger charge is -2.29. The molecule has 1 rings (SSSR count). The molecule has 0 spiro atoms. The number of hydrogen-bond donors (Lipinski definition) is 3. The third-order valence-electron chi connectivity index (χ3n) is 4.43. The summed E-state index contributed by atoms with van der Waals surface area (Å²) in [6, 6.07) is 0.578. The smallest absolute Gasteiger partial charge is 0.188 e. The van der Waals surface area contributed by atoms with Crippen molar-refractivity contribution in [2.24, 2.45) is 11.7 Å². The molecule has 1 heterocycles. The monoisotopic (exact) mass is 309 g/mol. The molecule has 0 amide bonds. The van der Waals surface area contributed by atoms with Gasteiger partial charge < -0.3 is 20.9 Å². The quantitative estimate of drug-likeness (QED) is 0.365. The summed E-state index contributed by atoms with van der Waals surface area (Å²) < 4.78 is 0. The Morgan fingerprint density at radius 3 is 2.41 bits per heavy atom. The van der Waals surface area contributed by atoms with Gasteiger partial charge in [0, 0.05) is 37.9 Å². The molecule has 128 valence electrons. The molecule has 4 N–H and O–H groups in total. The lowest BCUT2D eigenvalue weighted by Crippen LogP contribution is -2.39. The van der Waals surface area contributed by atoms with Crippen molar-refractivity contribution in [3.63, 3.8) is 0 Å². The first-order chi connectivity index (χ1) is 10.4. The van der Waals surface area contributed by atoms with Gasteiger partial charge in [-0.15, -0.1) is 0 Å². The number of hydrogen-bond acceptors (Lipinski definition) is 3. The van der Waals surface area contributed by atoms with Crippen molar-refractivity contribution < 1.29 is 0 Å². The van der Waals surface area contributed by atoms with Crippen molar-refractivity contribution in [2.75, 3.05) is 32.7 Å². The van der Waals surface area contributed by atoms with Crippen LogP contribution in [-0.2, 0) is 0 Å². The zero-order valence-electron chi connectivity index (χ0n) is 14.7. The summed E-state index contributed by atoms with van der Waals surface area (Å²) >= 11 is 0. The van der Waals surface area contributed by atoms with E-state index in [0.29, 0.717) is 12.0 Å². The molecule has 1 atom stereocenters. The minimum absolute atomic E-state index is 0.193. The molecule has 1 unspecified atom stereocenters. The van der Waals surface area contributed by atoms with E-state index in [1.165, 1.54) is 25.0 Å². The minimum Gasteiger partial charge on any atom is -0.373 e. The number of unbranched alkanes of at least 4 members (excludes halogenated alkanes) is 1. The first-order valence-corrected chi connectivity index (χ1v) is 8.68. The van der Waals surface area contributed by atoms with Crippen molar-refractivity contribution in [2.45, 2.75) is 52.5 Å². The molecule has 1 aliphatic heterocycles. The van der Waals surface area contributed by atoms with Crippen molar-refractivity contribution in [3.8, 4) is 0 Å². The molecule has 0 aromatic heterocycles. The summed E-state index contributed by atoms with van der Waals surface area (Å²) in [5, 5.41) is 11.0. The topological polar surface area (TPSA) is 68.4 Å². The third-order valence-corrected chi connectivity index (χ3v) is 4.43. The van der Waals surface area contributed by atoms with Crippen LogP contribution in [0.15, 0.2) is 12.3 Å². The normalized spacial score (nSPS) is 17.5. The third kappa shape index (κ3) is 6.69. The highest BCUT2D eigenvalue weighted by atomic mass is 15.3. The molecular weight excluding hydrogens is 274 g/mol. The molecule has 0 bridgehead atoms. The molecule has 0 aromatic carbocycles. The van der Waals surface area contributed by atoms with Crippen LogP contribution < -0.4 is 11.1 Å². The van der Waals surface area contributed by atoms with Gasteiger partial charge in [-0.3, -0.25) is 5.41 Å². The van der Waals surface area contributed by atoms with Crippen LogP contribution in [-0.4, -0.2) is 54.5 Å². The fourth-order valence-electron chi connectivity index (χ4n) is 2.89. The predicted octanol–water partition coefficient (Wildman–Crippen LogP) is 2.21. The summed E-state index contributed by atoms with van der Waals surface area (Å²) in [7, 11) is 0. The van der Waals surface area contributed by atoms with Gasteiger partial charge in [-0.2, -0.15) is 0 Å². The highest BCUT2D eigenvalue weighted by molar-refractivity contribution is 5.74. The molecule has 5 nitrogen and oxygen atoms in total. The van der Waals surface area contributed by atoms with E-state index in [2.05, 4.69) is 37.6 Å². The maximum atomic E-state index is 7.56. The Hall–Kier alpha value is -1.23. The molecule has 0 aromatic rings. The maximum Gasteiger partial charge on any atom is 0.188 e. The van der Waals surface area contributed by atoms with Crippen LogP contribution >= 0.6 is 0 Å². The summed E-state index contributed by atoms with van der Waals surface area (Å²) in [6.45, 7) is 15.8. The van der Waals surface area contributed by atoms with Gasteiger partial charge in [-0.1, -0.05) is 33.8 Å². The summed E-state index contributed by atoms with van der Waals surface area (Å²) in [6.07, 6.45) is 4.72. The predicted molar refractivity (Wildman–Crippen MR) is 95.0 cm³/mol. The van der Waals surface area contributed by atoms with Crippen LogP contribution in [0.3, 0.4) is 0 Å². The molecule has 1 saturated heterocycles. The van der Waals surface area contributed by atoms with E-state index in [-0.39, 0.29) is 5.96 Å². The lowest BCUT2D eigenvalue weighted by atomic mass is 10.00. The SMILES string of the molecule is C=C(C(C)CCCCNC(C)C)N1CCCN(C(=N)N)CC1. The van der Waals surface area contributed by atoms with E-state index in [0.717, 1.165) is 39.1 Å². The largest absolute Gasteiger partial charge is 0.373 e. The first-order valence-electron chi connectivity index (χ1n) is 8.68. The van der Waals surface area contributed by atoms with Gasteiger partial charge in [0.1, 0.15) is 0 Å². The molecule has 1 fully saturated rings. The highest BCUT2D eigenvalue weighted by Crippen LogP contribution is 2.21. The Kier molecular flexibility index (Phi) is 8.31. The van der Waals surface area contributed by atoms with E-state index in [4.69, 9.17) is 11.1 Å². The fraction of sp³-hybridized carbons (Fsp3) is 0.824. The van der Waals surface area contributed by atoms with Crippen LogP contribution in [0.25, 0.3) is 0 Å². The van der Waals surface area contributed by atoms with Gasteiger partial charge >= 0.3 is 0 Å². The van der Waals surface area contributed by atoms with Crippen LogP contribution in [0.5, 0.6) is 0 Å². The van der Waals surface area contributed by atoms with Crippen molar-refractivity contribution in [1.29, 1.82) is 5.41 Å². The average Bonchev–Trinajstić information content (AvgIpc) is 2.71. The van der Waals surface area contributed by atoms with Crippen molar-refractivity contribution in [1.82, 2.24) is 15.1 Å². The molecule has 5 heteroatoms. The zero-order valence-corrected chi connectivity index (χ0v) is 14.7. The second kappa shape index (κ2) is 9.72. The van der Waals surface area contributed by atoms with E-state index < -0.39 is 0 Å². The van der Waals surface area contributed by atoms with E-state index >= 15 is 0 Å². The average molecular weight is 310 g/mol. The van der Waals surface area contributed by atoms with Gasteiger partial charge in [-0.25, -0.2) is 0 Å². The Bertz CT molecular complexity index is 353. The van der Waals surface area contributed by atoms with E-state index in [9.17, 15) is 0 Å². The summed E-state index contributed by atoms with van der Waals surface area (Å²) in [4.78, 5) is 4.34. The Morgan fingerprint density at radius 1 is 1.14 bits per heavy atom. The number of rotatable bonds is 8. The van der Waals surface area contributed by atoms with Crippen LogP contribution in [0.2, 0.25) is 0 Å². The molecular formula is C17H35N5. The Balaban J connectivity index is 2.29. The van der Waals surface area contributed by atoms with Crippen LogP contribution in [0, 0.1) is 11.3 Å². The number of nitrogens with one attached hydrogen (secondary N) is 2. The highest BCUT2D eigenvalue weighted by Gasteiger charge is 2.19. The number of guanidine groups is 1. The summed E-state index contributed by atoms with van der Waals surface area (Å²) in [5.41, 5.74) is 6.85. The first kappa shape index (κ1) is 18.8. The van der Waals surface area contributed by atoms with Gasteiger partial charge in [0.2, 0.25) is 0 Å². The van der Waals surface area contributed by atoms with E-state index in [1.54, 1.807) is 0 Å². The Labute approximate surface area is 136 Å². The zero-order chi connectivity index (χ0) is 16.5. The minimum atomic E-state index is 0.193. The molecule has 0 radical (unpaired) electrons. The van der Waals surface area contributed by atoms with Gasteiger partial charge in [-0.05, 0) is 31.7 Å². The maximum absolute atomic E-state index is 7.56. The number of nitrogens with two attached hydrogens (primary N) is 1. The molecule has 0 saturated carbocycles. The molecule has 22 heavy (non-hydrogen) atoms. The fourth-order valence-corrected chi connectivity index (χ4v) is 2.89. The van der Waals surface area contributed by atoms with Gasteiger partial charge in [0.15, 0.2) is 5.96 Å². The number of nitrogens with zero attached hydrogens (tertiary/aromatic N) is 2. The summed E-state index contributed by atoms with van der Waals surface area (Å²) in [5.74, 6) is 0.723. The lowest BCUT2D eigenvalue weighted by molar-refractivity contribution is 0.310. The van der Waals surface area contributed by atoms with Crippen LogP contribution in [0.4, 0.5) is 0 Å². The number of allylic oxidation sites excluding steroid dienone is 1. The standard InChI is InChI=1S/C17H35N5/c1-14(2)20-9-6-5-8-15(3)16(4)21-10-7-11-22(13-12-21)17(18)19/h14-15,20H,4-13H2,1-3H3,(H3,18,19).